The summed E-state index contributed by atoms with van der Waals surface area (Å²) >= 11 is 0. The average Bonchev–Trinajstić information content (AvgIpc) is 2.75. The Morgan fingerprint density at radius 3 is 2.06 bits per heavy atom. The van der Waals surface area contributed by atoms with E-state index in [2.05, 4.69) is 0 Å². The summed E-state index contributed by atoms with van der Waals surface area (Å²) in [5.41, 5.74) is 0.442. The van der Waals surface area contributed by atoms with E-state index in [0.29, 0.717) is 5.56 Å². The van der Waals surface area contributed by atoms with Gasteiger partial charge >= 0.3 is 21.2 Å². The molecule has 0 spiro atoms. The first kappa shape index (κ1) is 28.4. The molecule has 10 nitrogen and oxygen atoms in total. The summed E-state index contributed by atoms with van der Waals surface area (Å²) in [6, 6.07) is 4.67. The van der Waals surface area contributed by atoms with E-state index in [0.717, 1.165) is 0 Å². The molecular weight excluding hydrogens is 462 g/mol. The molecule has 0 fully saturated rings. The van der Waals surface area contributed by atoms with Crippen molar-refractivity contribution in [3.05, 3.63) is 29.1 Å². The first-order valence-electron chi connectivity index (χ1n) is 9.91. The van der Waals surface area contributed by atoms with Gasteiger partial charge in [-0.05, 0) is 51.5 Å². The van der Waals surface area contributed by atoms with Crippen LogP contribution in [0.1, 0.15) is 33.3 Å². The molecule has 32 heavy (non-hydrogen) atoms. The van der Waals surface area contributed by atoms with E-state index in [9.17, 15) is 13.9 Å². The number of benzene rings is 1. The first-order valence-corrected chi connectivity index (χ1v) is 13.2. The molecule has 0 amide bonds. The Hall–Kier alpha value is -1.67. The lowest BCUT2D eigenvalue weighted by Gasteiger charge is -2.19. The van der Waals surface area contributed by atoms with Crippen molar-refractivity contribution in [1.29, 1.82) is 0 Å². The zero-order valence-electron chi connectivity index (χ0n) is 19.5. The van der Waals surface area contributed by atoms with Gasteiger partial charge in [-0.2, -0.15) is 0 Å². The van der Waals surface area contributed by atoms with Crippen LogP contribution < -0.4 is 9.47 Å². The second-order valence-corrected chi connectivity index (χ2v) is 10.7. The number of hydrogen-bond acceptors (Lipinski definition) is 10. The van der Waals surface area contributed by atoms with Crippen molar-refractivity contribution in [3.8, 4) is 11.5 Å². The second-order valence-electron chi connectivity index (χ2n) is 6.48. The number of carbonyl (C=O) groups is 1. The number of ether oxygens (including phenoxy) is 3. The summed E-state index contributed by atoms with van der Waals surface area (Å²) in [6.07, 6.45) is 0.579. The van der Waals surface area contributed by atoms with E-state index in [-0.39, 0.29) is 36.4 Å². The third kappa shape index (κ3) is 8.03. The first-order chi connectivity index (χ1) is 15.1. The van der Waals surface area contributed by atoms with Gasteiger partial charge in [0.15, 0.2) is 17.8 Å². The largest absolute Gasteiger partial charge is 0.493 e. The number of methoxy groups -OCH3 is 1. The molecule has 1 rings (SSSR count). The predicted octanol–water partition coefficient (Wildman–Crippen LogP) is 5.08. The summed E-state index contributed by atoms with van der Waals surface area (Å²) in [5.74, 6) is -0.280. The fourth-order valence-electron chi connectivity index (χ4n) is 2.50. The monoisotopic (exact) mass is 494 g/mol. The van der Waals surface area contributed by atoms with Gasteiger partial charge in [0.1, 0.15) is 5.31 Å². The molecule has 0 atom stereocenters. The third-order valence-electron chi connectivity index (χ3n) is 3.85. The standard InChI is InChI=1S/C20H32O10P2/c1-8-28-31(22,29-9-2)14-27-17-11-10-16(12-18(17)24-5)13-19(20(21)30-15(3)4)32(23,25-6)26-7/h10-13,15H,8-9,14H2,1-7H3. The van der Waals surface area contributed by atoms with Crippen molar-refractivity contribution in [1.82, 2.24) is 0 Å². The maximum absolute atomic E-state index is 12.9. The molecule has 0 bridgehead atoms. The minimum absolute atomic E-state index is 0.204. The summed E-state index contributed by atoms with van der Waals surface area (Å²) in [7, 11) is -3.57. The Morgan fingerprint density at radius 2 is 1.59 bits per heavy atom. The molecule has 1 aromatic rings. The van der Waals surface area contributed by atoms with Crippen molar-refractivity contribution >= 4 is 27.2 Å². The molecule has 1 aromatic carbocycles. The van der Waals surface area contributed by atoms with E-state index in [1.54, 1.807) is 45.9 Å². The van der Waals surface area contributed by atoms with E-state index in [1.165, 1.54) is 27.4 Å². The maximum atomic E-state index is 12.9. The van der Waals surface area contributed by atoms with E-state index in [4.69, 9.17) is 32.3 Å². The van der Waals surface area contributed by atoms with Gasteiger partial charge in [0.2, 0.25) is 0 Å². The minimum Gasteiger partial charge on any atom is -0.493 e. The van der Waals surface area contributed by atoms with Gasteiger partial charge in [-0.15, -0.1) is 0 Å². The van der Waals surface area contributed by atoms with Crippen LogP contribution in [0.15, 0.2) is 23.5 Å². The summed E-state index contributed by atoms with van der Waals surface area (Å²) in [6.45, 7) is 7.14. The van der Waals surface area contributed by atoms with Gasteiger partial charge in [0, 0.05) is 14.2 Å². The van der Waals surface area contributed by atoms with Gasteiger partial charge in [0.25, 0.3) is 0 Å². The van der Waals surface area contributed by atoms with Crippen molar-refractivity contribution in [3.63, 3.8) is 0 Å². The highest BCUT2D eigenvalue weighted by atomic mass is 31.2. The second kappa shape index (κ2) is 13.1. The predicted molar refractivity (Wildman–Crippen MR) is 120 cm³/mol. The molecule has 0 aliphatic carbocycles. The van der Waals surface area contributed by atoms with Crippen LogP contribution in [0.4, 0.5) is 0 Å². The quantitative estimate of drug-likeness (QED) is 0.197. The van der Waals surface area contributed by atoms with Crippen molar-refractivity contribution in [2.24, 2.45) is 0 Å². The maximum Gasteiger partial charge on any atom is 0.368 e. The topological polar surface area (TPSA) is 116 Å². The highest BCUT2D eigenvalue weighted by Gasteiger charge is 2.35. The Bertz CT molecular complexity index is 863. The Kier molecular flexibility index (Phi) is 11.6. The van der Waals surface area contributed by atoms with Crippen LogP contribution in [0.5, 0.6) is 11.5 Å². The summed E-state index contributed by atoms with van der Waals surface area (Å²) in [5, 5.41) is -0.274. The van der Waals surface area contributed by atoms with Gasteiger partial charge < -0.3 is 32.3 Å². The average molecular weight is 494 g/mol. The van der Waals surface area contributed by atoms with Crippen LogP contribution in [0.3, 0.4) is 0 Å². The van der Waals surface area contributed by atoms with Crippen molar-refractivity contribution in [2.75, 3.05) is 40.9 Å². The number of carbonyl (C=O) groups excluding carboxylic acids is 1. The van der Waals surface area contributed by atoms with E-state index in [1.807, 2.05) is 0 Å². The van der Waals surface area contributed by atoms with E-state index >= 15 is 0 Å². The lowest BCUT2D eigenvalue weighted by Crippen LogP contribution is -2.15. The van der Waals surface area contributed by atoms with Gasteiger partial charge in [0.05, 0.1) is 26.4 Å². The molecule has 12 heteroatoms. The highest BCUT2D eigenvalue weighted by molar-refractivity contribution is 7.60. The fraction of sp³-hybridized carbons (Fsp3) is 0.550. The molecule has 0 N–H and O–H groups in total. The van der Waals surface area contributed by atoms with Crippen LogP contribution in [0, 0.1) is 0 Å². The molecule has 0 aliphatic rings. The molecule has 0 radical (unpaired) electrons. The molecule has 0 unspecified atom stereocenters. The molecule has 0 aromatic heterocycles. The highest BCUT2D eigenvalue weighted by Crippen LogP contribution is 2.56. The molecule has 0 heterocycles. The zero-order chi connectivity index (χ0) is 24.4. The van der Waals surface area contributed by atoms with Gasteiger partial charge in [-0.25, -0.2) is 4.79 Å². The van der Waals surface area contributed by atoms with Gasteiger partial charge in [-0.1, -0.05) is 6.07 Å². The van der Waals surface area contributed by atoms with Crippen molar-refractivity contribution in [2.45, 2.75) is 33.8 Å². The summed E-state index contributed by atoms with van der Waals surface area (Å²) in [4.78, 5) is 12.5. The van der Waals surface area contributed by atoms with E-state index < -0.39 is 27.3 Å². The molecule has 0 saturated carbocycles. The van der Waals surface area contributed by atoms with Crippen molar-refractivity contribution < 1.29 is 46.2 Å². The Balaban J connectivity index is 3.30. The third-order valence-corrected chi connectivity index (χ3v) is 7.46. The van der Waals surface area contributed by atoms with Gasteiger partial charge in [-0.3, -0.25) is 9.13 Å². The SMILES string of the molecule is CCOP(=O)(COc1ccc(C=C(C(=O)OC(C)C)P(=O)(OC)OC)cc1OC)OCC. The van der Waals surface area contributed by atoms with Crippen LogP contribution in [0.25, 0.3) is 6.08 Å². The van der Waals surface area contributed by atoms with Crippen LogP contribution in [-0.4, -0.2) is 53.0 Å². The Morgan fingerprint density at radius 1 is 1.00 bits per heavy atom. The molecular formula is C20H32O10P2. The smallest absolute Gasteiger partial charge is 0.368 e. The Labute approximate surface area is 189 Å². The van der Waals surface area contributed by atoms with Crippen LogP contribution in [0.2, 0.25) is 0 Å². The van der Waals surface area contributed by atoms with Crippen LogP contribution >= 0.6 is 15.2 Å². The molecule has 0 aliphatic heterocycles. The fourth-order valence-corrected chi connectivity index (χ4v) is 4.93. The minimum atomic E-state index is -3.91. The number of rotatable bonds is 14. The number of hydrogen-bond donors (Lipinski definition) is 0. The lowest BCUT2D eigenvalue weighted by molar-refractivity contribution is -0.141. The van der Waals surface area contributed by atoms with Crippen LogP contribution in [-0.2, 0) is 36.8 Å². The number of esters is 1. The molecule has 0 saturated heterocycles. The normalized spacial score (nSPS) is 12.7. The lowest BCUT2D eigenvalue weighted by atomic mass is 10.2. The molecule has 182 valence electrons. The zero-order valence-corrected chi connectivity index (χ0v) is 21.3. The summed E-state index contributed by atoms with van der Waals surface area (Å²) < 4.78 is 62.0.